The predicted octanol–water partition coefficient (Wildman–Crippen LogP) is 2.98. The topological polar surface area (TPSA) is 95.9 Å². The minimum atomic E-state index is -1.00. The first kappa shape index (κ1) is 20.7. The molecular formula is C20H15BrN2O5S. The van der Waals surface area contributed by atoms with Crippen LogP contribution in [-0.4, -0.2) is 40.0 Å². The molecule has 0 aromatic heterocycles. The molecule has 2 aromatic carbocycles. The Balaban J connectivity index is 1.76. The van der Waals surface area contributed by atoms with Gasteiger partial charge < -0.3 is 9.84 Å². The summed E-state index contributed by atoms with van der Waals surface area (Å²) in [5.74, 6) is -1.50. The number of carboxylic acid groups (broad SMARTS) is 1. The van der Waals surface area contributed by atoms with Gasteiger partial charge in [0.2, 0.25) is 0 Å². The van der Waals surface area contributed by atoms with E-state index in [0.29, 0.717) is 21.3 Å². The maximum Gasteiger partial charge on any atom is 0.335 e. The van der Waals surface area contributed by atoms with Gasteiger partial charge in [-0.05, 0) is 69.6 Å². The number of likely N-dealkylation sites (N-methyl/N-ethyl adjacent to an activating group) is 1. The summed E-state index contributed by atoms with van der Waals surface area (Å²) in [6.45, 7) is 0.184. The van der Waals surface area contributed by atoms with E-state index in [-0.39, 0.29) is 22.9 Å². The first-order valence-electron chi connectivity index (χ1n) is 8.36. The summed E-state index contributed by atoms with van der Waals surface area (Å²) in [6, 6.07) is 11.6. The molecular weight excluding hydrogens is 460 g/mol. The van der Waals surface area contributed by atoms with Gasteiger partial charge in [-0.2, -0.15) is 0 Å². The highest BCUT2D eigenvalue weighted by Crippen LogP contribution is 2.28. The van der Waals surface area contributed by atoms with Crippen molar-refractivity contribution in [3.8, 4) is 5.75 Å². The third-order valence-corrected chi connectivity index (χ3v) is 5.14. The van der Waals surface area contributed by atoms with Gasteiger partial charge >= 0.3 is 5.97 Å². The number of carbonyl (C=O) groups is 3. The summed E-state index contributed by atoms with van der Waals surface area (Å²) in [5.41, 5.74) is 1.50. The molecule has 2 aromatic rings. The van der Waals surface area contributed by atoms with E-state index in [1.807, 2.05) is 0 Å². The lowest BCUT2D eigenvalue weighted by Gasteiger charge is -2.25. The van der Waals surface area contributed by atoms with Crippen LogP contribution in [0, 0.1) is 0 Å². The van der Waals surface area contributed by atoms with Gasteiger partial charge in [-0.3, -0.25) is 19.8 Å². The molecule has 0 spiro atoms. The number of rotatable bonds is 5. The molecule has 3 rings (SSSR count). The summed E-state index contributed by atoms with van der Waals surface area (Å²) >= 11 is 8.33. The summed E-state index contributed by atoms with van der Waals surface area (Å²) < 4.78 is 6.36. The normalized spacial score (nSPS) is 15.4. The Morgan fingerprint density at radius 1 is 1.28 bits per heavy atom. The number of nitrogens with zero attached hydrogens (tertiary/aromatic N) is 1. The van der Waals surface area contributed by atoms with Crippen LogP contribution in [0.25, 0.3) is 6.08 Å². The van der Waals surface area contributed by atoms with Crippen molar-refractivity contribution in [1.29, 1.82) is 0 Å². The van der Waals surface area contributed by atoms with Crippen molar-refractivity contribution < 1.29 is 24.2 Å². The molecule has 0 bridgehead atoms. The van der Waals surface area contributed by atoms with Crippen LogP contribution in [-0.2, 0) is 16.2 Å². The number of thiocarbonyl (C=S) groups is 1. The molecule has 2 N–H and O–H groups in total. The molecule has 0 atom stereocenters. The van der Waals surface area contributed by atoms with Crippen LogP contribution >= 0.6 is 28.1 Å². The van der Waals surface area contributed by atoms with Crippen LogP contribution in [0.3, 0.4) is 0 Å². The van der Waals surface area contributed by atoms with Gasteiger partial charge in [0.25, 0.3) is 11.8 Å². The number of ether oxygens (including phenoxy) is 1. The highest BCUT2D eigenvalue weighted by molar-refractivity contribution is 9.10. The van der Waals surface area contributed by atoms with Crippen LogP contribution in [0.1, 0.15) is 21.5 Å². The Bertz CT molecular complexity index is 1070. The fraction of sp³-hybridized carbons (Fsp3) is 0.100. The second-order valence-electron chi connectivity index (χ2n) is 6.17. The Morgan fingerprint density at radius 2 is 2.03 bits per heavy atom. The van der Waals surface area contributed by atoms with Gasteiger partial charge in [-0.25, -0.2) is 4.79 Å². The summed E-state index contributed by atoms with van der Waals surface area (Å²) in [6.07, 6.45) is 1.47. The molecule has 0 aliphatic carbocycles. The minimum absolute atomic E-state index is 0.0212. The van der Waals surface area contributed by atoms with E-state index in [1.165, 1.54) is 24.1 Å². The zero-order valence-electron chi connectivity index (χ0n) is 15.1. The lowest BCUT2D eigenvalue weighted by molar-refractivity contribution is -0.128. The number of nitrogens with one attached hydrogen (secondary N) is 1. The van der Waals surface area contributed by atoms with Crippen molar-refractivity contribution in [2.45, 2.75) is 6.61 Å². The number of aromatic carboxylic acids is 1. The first-order chi connectivity index (χ1) is 13.8. The van der Waals surface area contributed by atoms with Crippen molar-refractivity contribution in [2.24, 2.45) is 0 Å². The highest BCUT2D eigenvalue weighted by atomic mass is 79.9. The molecule has 1 fully saturated rings. The number of benzene rings is 2. The van der Waals surface area contributed by atoms with Crippen molar-refractivity contribution in [2.75, 3.05) is 7.05 Å². The third kappa shape index (κ3) is 4.69. The number of halogens is 1. The summed E-state index contributed by atoms with van der Waals surface area (Å²) in [7, 11) is 1.49. The number of hydrogen-bond donors (Lipinski definition) is 2. The summed E-state index contributed by atoms with van der Waals surface area (Å²) in [5, 5.41) is 11.6. The largest absolute Gasteiger partial charge is 0.488 e. The third-order valence-electron chi connectivity index (χ3n) is 4.14. The van der Waals surface area contributed by atoms with E-state index >= 15 is 0 Å². The van der Waals surface area contributed by atoms with Crippen molar-refractivity contribution in [3.05, 3.63) is 69.2 Å². The van der Waals surface area contributed by atoms with Gasteiger partial charge in [-0.15, -0.1) is 0 Å². The van der Waals surface area contributed by atoms with Crippen LogP contribution in [0.2, 0.25) is 0 Å². The Morgan fingerprint density at radius 3 is 2.72 bits per heavy atom. The molecule has 1 saturated heterocycles. The zero-order valence-corrected chi connectivity index (χ0v) is 17.5. The lowest BCUT2D eigenvalue weighted by Crippen LogP contribution is -2.52. The van der Waals surface area contributed by atoms with Crippen molar-refractivity contribution in [3.63, 3.8) is 0 Å². The Hall–Kier alpha value is -3.04. The molecule has 1 heterocycles. The van der Waals surface area contributed by atoms with E-state index in [0.717, 1.165) is 0 Å². The van der Waals surface area contributed by atoms with E-state index in [2.05, 4.69) is 21.2 Å². The SMILES string of the molecule is CN1C(=O)/C(=C/c2ccc(OCc3cccc(C(=O)O)c3)c(Br)c2)C(=O)NC1=S. The Kier molecular flexibility index (Phi) is 6.09. The number of amides is 2. The molecule has 0 radical (unpaired) electrons. The fourth-order valence-corrected chi connectivity index (χ4v) is 3.28. The monoisotopic (exact) mass is 474 g/mol. The fourth-order valence-electron chi connectivity index (χ4n) is 2.59. The Labute approximate surface area is 180 Å². The molecule has 148 valence electrons. The molecule has 2 amide bonds. The van der Waals surface area contributed by atoms with Crippen LogP contribution in [0.5, 0.6) is 5.75 Å². The van der Waals surface area contributed by atoms with Gasteiger partial charge in [0.05, 0.1) is 10.0 Å². The van der Waals surface area contributed by atoms with E-state index in [1.54, 1.807) is 36.4 Å². The number of hydrogen-bond acceptors (Lipinski definition) is 5. The standard InChI is InChI=1S/C20H15BrN2O5S/c1-23-18(25)14(17(24)22-20(23)29)8-11-5-6-16(15(21)9-11)28-10-12-3-2-4-13(7-12)19(26)27/h2-9H,10H2,1H3,(H,26,27)(H,22,24,29)/b14-8+. The average molecular weight is 475 g/mol. The molecule has 0 unspecified atom stereocenters. The molecule has 0 saturated carbocycles. The van der Waals surface area contributed by atoms with Gasteiger partial charge in [0, 0.05) is 7.05 Å². The smallest absolute Gasteiger partial charge is 0.335 e. The maximum absolute atomic E-state index is 12.3. The van der Waals surface area contributed by atoms with Gasteiger partial charge in [0.15, 0.2) is 5.11 Å². The second-order valence-corrected chi connectivity index (χ2v) is 7.41. The minimum Gasteiger partial charge on any atom is -0.488 e. The predicted molar refractivity (Wildman–Crippen MR) is 113 cm³/mol. The molecule has 7 nitrogen and oxygen atoms in total. The highest BCUT2D eigenvalue weighted by Gasteiger charge is 2.30. The molecule has 9 heteroatoms. The summed E-state index contributed by atoms with van der Waals surface area (Å²) in [4.78, 5) is 36.6. The van der Waals surface area contributed by atoms with E-state index in [4.69, 9.17) is 22.1 Å². The van der Waals surface area contributed by atoms with Crippen LogP contribution in [0.15, 0.2) is 52.5 Å². The van der Waals surface area contributed by atoms with Gasteiger partial charge in [0.1, 0.15) is 17.9 Å². The van der Waals surface area contributed by atoms with Crippen molar-refractivity contribution >= 4 is 57.1 Å². The molecule has 1 aliphatic rings. The average Bonchev–Trinajstić information content (AvgIpc) is 2.69. The van der Waals surface area contributed by atoms with E-state index in [9.17, 15) is 14.4 Å². The quantitative estimate of drug-likeness (QED) is 0.392. The molecule has 1 aliphatic heterocycles. The van der Waals surface area contributed by atoms with E-state index < -0.39 is 17.8 Å². The second kappa shape index (κ2) is 8.54. The van der Waals surface area contributed by atoms with Gasteiger partial charge in [-0.1, -0.05) is 18.2 Å². The molecule has 29 heavy (non-hydrogen) atoms. The van der Waals surface area contributed by atoms with Crippen LogP contribution in [0.4, 0.5) is 0 Å². The number of carboxylic acids is 1. The maximum atomic E-state index is 12.3. The van der Waals surface area contributed by atoms with Crippen LogP contribution < -0.4 is 10.1 Å². The van der Waals surface area contributed by atoms with Crippen molar-refractivity contribution in [1.82, 2.24) is 10.2 Å². The zero-order chi connectivity index (χ0) is 21.1. The number of carbonyl (C=O) groups excluding carboxylic acids is 2. The lowest BCUT2D eigenvalue weighted by atomic mass is 10.1. The first-order valence-corrected chi connectivity index (χ1v) is 9.56.